The minimum absolute atomic E-state index is 0.0177. The number of hydrogen-bond donors (Lipinski definition) is 2. The summed E-state index contributed by atoms with van der Waals surface area (Å²) in [6.07, 6.45) is 3.42. The van der Waals surface area contributed by atoms with Crippen LogP contribution in [0.25, 0.3) is 6.08 Å². The summed E-state index contributed by atoms with van der Waals surface area (Å²) in [5.74, 6) is -0.149. The second-order valence-corrected chi connectivity index (χ2v) is 7.30. The molecule has 0 saturated carbocycles. The number of aliphatic carboxylic acids is 1. The van der Waals surface area contributed by atoms with Gasteiger partial charge in [0.1, 0.15) is 6.61 Å². The lowest BCUT2D eigenvalue weighted by Gasteiger charge is -2.14. The fourth-order valence-corrected chi connectivity index (χ4v) is 3.19. The number of rotatable bonds is 10. The molecule has 0 bridgehead atoms. The number of amides is 1. The fraction of sp³-hybridized carbons (Fsp3) is 0.238. The van der Waals surface area contributed by atoms with E-state index in [1.165, 1.54) is 13.2 Å². The average molecular weight is 483 g/mol. The molecule has 0 spiro atoms. The summed E-state index contributed by atoms with van der Waals surface area (Å²) in [5, 5.41) is 11.8. The van der Waals surface area contributed by atoms with E-state index >= 15 is 0 Å². The Morgan fingerprint density at radius 2 is 2.03 bits per heavy atom. The summed E-state index contributed by atoms with van der Waals surface area (Å²) < 4.78 is 12.0. The molecule has 2 aromatic rings. The molecule has 154 valence electrons. The molecule has 2 rings (SSSR count). The molecule has 0 aliphatic carbocycles. The van der Waals surface area contributed by atoms with Gasteiger partial charge in [-0.25, -0.2) is 0 Å². The van der Waals surface area contributed by atoms with Crippen LogP contribution in [-0.4, -0.2) is 30.6 Å². The van der Waals surface area contributed by atoms with E-state index in [1.54, 1.807) is 24.3 Å². The number of carbonyl (C=O) groups is 2. The van der Waals surface area contributed by atoms with Crippen molar-refractivity contribution >= 4 is 45.5 Å². The van der Waals surface area contributed by atoms with Crippen LogP contribution in [0.4, 0.5) is 0 Å². The van der Waals surface area contributed by atoms with Crippen molar-refractivity contribution in [1.82, 2.24) is 5.32 Å². The van der Waals surface area contributed by atoms with E-state index in [9.17, 15) is 9.59 Å². The largest absolute Gasteiger partial charge is 0.493 e. The maximum Gasteiger partial charge on any atom is 0.303 e. The second kappa shape index (κ2) is 11.5. The molecule has 6 nitrogen and oxygen atoms in total. The van der Waals surface area contributed by atoms with E-state index in [-0.39, 0.29) is 18.9 Å². The van der Waals surface area contributed by atoms with Crippen LogP contribution in [0.2, 0.25) is 5.02 Å². The zero-order valence-electron chi connectivity index (χ0n) is 15.8. The molecule has 0 saturated heterocycles. The molecule has 29 heavy (non-hydrogen) atoms. The van der Waals surface area contributed by atoms with Gasteiger partial charge in [-0.05, 0) is 52.2 Å². The van der Waals surface area contributed by atoms with Gasteiger partial charge in [0.2, 0.25) is 5.91 Å². The van der Waals surface area contributed by atoms with E-state index in [2.05, 4.69) is 21.2 Å². The van der Waals surface area contributed by atoms with Crippen LogP contribution in [0.15, 0.2) is 46.9 Å². The van der Waals surface area contributed by atoms with Crippen LogP contribution in [0.3, 0.4) is 0 Å². The first-order chi connectivity index (χ1) is 13.9. The number of benzene rings is 2. The van der Waals surface area contributed by atoms with Crippen LogP contribution in [0.5, 0.6) is 11.5 Å². The van der Waals surface area contributed by atoms with Crippen molar-refractivity contribution in [3.63, 3.8) is 0 Å². The molecule has 0 radical (unpaired) electrons. The van der Waals surface area contributed by atoms with Crippen molar-refractivity contribution in [2.24, 2.45) is 0 Å². The van der Waals surface area contributed by atoms with Gasteiger partial charge >= 0.3 is 5.97 Å². The van der Waals surface area contributed by atoms with Crippen LogP contribution >= 0.6 is 27.5 Å². The number of nitrogens with one attached hydrogen (secondary N) is 1. The van der Waals surface area contributed by atoms with Crippen LogP contribution in [-0.2, 0) is 16.2 Å². The van der Waals surface area contributed by atoms with Gasteiger partial charge in [0.15, 0.2) is 11.5 Å². The van der Waals surface area contributed by atoms with Crippen molar-refractivity contribution in [1.29, 1.82) is 0 Å². The van der Waals surface area contributed by atoms with E-state index in [1.807, 2.05) is 18.2 Å². The van der Waals surface area contributed by atoms with E-state index in [0.717, 1.165) is 11.1 Å². The Morgan fingerprint density at radius 1 is 1.28 bits per heavy atom. The molecule has 0 aliphatic heterocycles. The number of methoxy groups -OCH3 is 1. The Morgan fingerprint density at radius 3 is 2.72 bits per heavy atom. The number of halogens is 2. The molecule has 0 fully saturated rings. The number of carboxylic acids is 1. The van der Waals surface area contributed by atoms with Gasteiger partial charge < -0.3 is 19.9 Å². The fourth-order valence-electron chi connectivity index (χ4n) is 2.42. The topological polar surface area (TPSA) is 84.9 Å². The highest BCUT2D eigenvalue weighted by Crippen LogP contribution is 2.37. The molecule has 1 amide bonds. The molecule has 8 heteroatoms. The molecular weight excluding hydrogens is 462 g/mol. The highest BCUT2D eigenvalue weighted by molar-refractivity contribution is 9.10. The first-order valence-electron chi connectivity index (χ1n) is 8.82. The van der Waals surface area contributed by atoms with E-state index in [4.69, 9.17) is 26.2 Å². The molecule has 2 N–H and O–H groups in total. The minimum atomic E-state index is -0.886. The van der Waals surface area contributed by atoms with E-state index in [0.29, 0.717) is 34.0 Å². The predicted molar refractivity (Wildman–Crippen MR) is 115 cm³/mol. The zero-order valence-corrected chi connectivity index (χ0v) is 18.1. The normalized spacial score (nSPS) is 10.7. The van der Waals surface area contributed by atoms with Crippen molar-refractivity contribution in [3.05, 3.63) is 63.1 Å². The Bertz CT molecular complexity index is 901. The van der Waals surface area contributed by atoms with Crippen molar-refractivity contribution in [2.45, 2.75) is 19.4 Å². The van der Waals surface area contributed by atoms with Crippen molar-refractivity contribution in [3.8, 4) is 11.5 Å². The third-order valence-corrected chi connectivity index (χ3v) is 4.83. The van der Waals surface area contributed by atoms with Gasteiger partial charge in [-0.15, -0.1) is 0 Å². The smallest absolute Gasteiger partial charge is 0.303 e. The quantitative estimate of drug-likeness (QED) is 0.379. The molecule has 2 aromatic carbocycles. The highest BCUT2D eigenvalue weighted by atomic mass is 79.9. The molecule has 0 aromatic heterocycles. The number of hydrogen-bond acceptors (Lipinski definition) is 4. The lowest BCUT2D eigenvalue weighted by Crippen LogP contribution is -2.22. The first-order valence-corrected chi connectivity index (χ1v) is 9.99. The average Bonchev–Trinajstić information content (AvgIpc) is 2.69. The van der Waals surface area contributed by atoms with Gasteiger partial charge in [-0.1, -0.05) is 29.8 Å². The van der Waals surface area contributed by atoms with Gasteiger partial charge in [-0.3, -0.25) is 9.59 Å². The molecular formula is C21H21BrClNO5. The predicted octanol–water partition coefficient (Wildman–Crippen LogP) is 4.68. The third-order valence-electron chi connectivity index (χ3n) is 3.88. The SMILES string of the molecule is COc1cc(/C=C/C(=O)NCCCC(=O)O)cc(Br)c1OCc1ccccc1Cl. The Labute approximate surface area is 182 Å². The third kappa shape index (κ3) is 7.44. The molecule has 0 aliphatic rings. The maximum absolute atomic E-state index is 11.8. The lowest BCUT2D eigenvalue weighted by molar-refractivity contribution is -0.137. The van der Waals surface area contributed by atoms with Gasteiger partial charge in [0, 0.05) is 29.6 Å². The summed E-state index contributed by atoms with van der Waals surface area (Å²) in [6.45, 7) is 0.583. The Balaban J connectivity index is 2.02. The first kappa shape index (κ1) is 22.8. The molecule has 0 unspecified atom stereocenters. The zero-order chi connectivity index (χ0) is 21.2. The summed E-state index contributed by atoms with van der Waals surface area (Å²) in [6, 6.07) is 11.0. The van der Waals surface area contributed by atoms with Crippen molar-refractivity contribution in [2.75, 3.05) is 13.7 Å². The maximum atomic E-state index is 11.8. The second-order valence-electron chi connectivity index (χ2n) is 6.04. The summed E-state index contributed by atoms with van der Waals surface area (Å²) in [4.78, 5) is 22.3. The van der Waals surface area contributed by atoms with Gasteiger partial charge in [0.25, 0.3) is 0 Å². The molecule has 0 atom stereocenters. The highest BCUT2D eigenvalue weighted by Gasteiger charge is 2.12. The number of carboxylic acid groups (broad SMARTS) is 1. The van der Waals surface area contributed by atoms with Crippen molar-refractivity contribution < 1.29 is 24.2 Å². The van der Waals surface area contributed by atoms with Gasteiger partial charge in [0.05, 0.1) is 11.6 Å². The minimum Gasteiger partial charge on any atom is -0.493 e. The Hall–Kier alpha value is -2.51. The van der Waals surface area contributed by atoms with Crippen LogP contribution in [0, 0.1) is 0 Å². The number of ether oxygens (including phenoxy) is 2. The monoisotopic (exact) mass is 481 g/mol. The standard InChI is InChI=1S/C21H21BrClNO5/c1-28-18-12-14(8-9-19(25)24-10-4-7-20(26)27)11-16(22)21(18)29-13-15-5-2-3-6-17(15)23/h2-3,5-6,8-9,11-12H,4,7,10,13H2,1H3,(H,24,25)(H,26,27)/b9-8+. The summed E-state index contributed by atoms with van der Waals surface area (Å²) >= 11 is 9.64. The van der Waals surface area contributed by atoms with Gasteiger partial charge in [-0.2, -0.15) is 0 Å². The summed E-state index contributed by atoms with van der Waals surface area (Å²) in [7, 11) is 1.53. The van der Waals surface area contributed by atoms with Crippen LogP contribution < -0.4 is 14.8 Å². The molecule has 0 heterocycles. The Kier molecular flexibility index (Phi) is 9.02. The van der Waals surface area contributed by atoms with E-state index < -0.39 is 5.97 Å². The van der Waals surface area contributed by atoms with Crippen LogP contribution in [0.1, 0.15) is 24.0 Å². The summed E-state index contributed by atoms with van der Waals surface area (Å²) in [5.41, 5.74) is 1.59. The lowest BCUT2D eigenvalue weighted by atomic mass is 10.2. The number of carbonyl (C=O) groups excluding carboxylic acids is 1.